The number of hydrogen-bond donors (Lipinski definition) is 2. The first-order valence-electron chi connectivity index (χ1n) is 17.8. The molecule has 0 radical (unpaired) electrons. The Hall–Kier alpha value is -6.38. The Morgan fingerprint density at radius 2 is 1.30 bits per heavy atom. The highest BCUT2D eigenvalue weighted by atomic mass is 16.5. The van der Waals surface area contributed by atoms with E-state index in [2.05, 4.69) is 29.6 Å². The molecule has 1 aliphatic carbocycles. The number of aryl methyl sites for hydroxylation is 1. The first-order chi connectivity index (χ1) is 26.3. The smallest absolute Gasteiger partial charge is 0.335 e. The molecule has 0 bridgehead atoms. The molecule has 54 heavy (non-hydrogen) atoms. The average Bonchev–Trinajstić information content (AvgIpc) is 3.54. The highest BCUT2D eigenvalue weighted by molar-refractivity contribution is 5.88. The zero-order valence-corrected chi connectivity index (χ0v) is 30.5. The van der Waals surface area contributed by atoms with Crippen molar-refractivity contribution in [2.75, 3.05) is 27.4 Å². The highest BCUT2D eigenvalue weighted by Gasteiger charge is 2.43. The van der Waals surface area contributed by atoms with Gasteiger partial charge in [0.1, 0.15) is 23.9 Å². The lowest BCUT2D eigenvalue weighted by Gasteiger charge is -2.30. The summed E-state index contributed by atoms with van der Waals surface area (Å²) in [4.78, 5) is 27.7. The van der Waals surface area contributed by atoms with Crippen LogP contribution in [0.25, 0.3) is 11.1 Å². The molecule has 272 valence electrons. The van der Waals surface area contributed by atoms with Crippen LogP contribution in [0.2, 0.25) is 0 Å². The van der Waals surface area contributed by atoms with Crippen LogP contribution < -0.4 is 25.3 Å². The molecule has 3 N–H and O–H groups in total. The third kappa shape index (κ3) is 7.16. The van der Waals surface area contributed by atoms with E-state index in [-0.39, 0.29) is 31.1 Å². The largest absolute Gasteiger partial charge is 0.497 e. The molecule has 0 saturated carbocycles. The van der Waals surface area contributed by atoms with Crippen molar-refractivity contribution in [2.45, 2.75) is 24.4 Å². The minimum Gasteiger partial charge on any atom is -0.497 e. The summed E-state index contributed by atoms with van der Waals surface area (Å²) in [6, 6.07) is 45.8. The van der Waals surface area contributed by atoms with E-state index in [1.165, 1.54) is 7.11 Å². The second-order valence-corrected chi connectivity index (χ2v) is 13.3. The van der Waals surface area contributed by atoms with Gasteiger partial charge >= 0.3 is 5.97 Å². The Bertz CT molecular complexity index is 2210. The van der Waals surface area contributed by atoms with Crippen molar-refractivity contribution in [1.29, 1.82) is 0 Å². The zero-order valence-electron chi connectivity index (χ0n) is 30.5. The maximum Gasteiger partial charge on any atom is 0.335 e. The van der Waals surface area contributed by atoms with Gasteiger partial charge in [-0.1, -0.05) is 121 Å². The van der Waals surface area contributed by atoms with Gasteiger partial charge in [-0.3, -0.25) is 4.79 Å². The van der Waals surface area contributed by atoms with Crippen LogP contribution in [0.15, 0.2) is 146 Å². The molecule has 2 atom stereocenters. The van der Waals surface area contributed by atoms with Crippen LogP contribution in [-0.4, -0.2) is 39.3 Å². The fraction of sp³-hybridized carbons (Fsp3) is 0.174. The minimum absolute atomic E-state index is 0.0904. The normalized spacial score (nSPS) is 13.5. The van der Waals surface area contributed by atoms with Gasteiger partial charge in [0, 0.05) is 17.5 Å². The molecule has 6 aromatic rings. The summed E-state index contributed by atoms with van der Waals surface area (Å²) in [5.74, 6) is 0.246. The SMILES string of the molecule is COc1ccc(C(N)(C(=O)OCC2c3ccccc3-c3ccccc32)c2ccc(OCC(=O)NC(c3ccccc3)c3ccc(C)cc3)cc2)c(OC)c1. The number of rotatable bonds is 13. The van der Waals surface area contributed by atoms with Gasteiger partial charge in [-0.2, -0.15) is 0 Å². The van der Waals surface area contributed by atoms with E-state index in [0.29, 0.717) is 28.4 Å². The van der Waals surface area contributed by atoms with E-state index in [4.69, 9.17) is 24.7 Å². The number of benzene rings is 6. The molecule has 0 aromatic heterocycles. The molecule has 0 saturated heterocycles. The number of esters is 1. The molecule has 0 spiro atoms. The molecular formula is C46H42N2O6. The van der Waals surface area contributed by atoms with Gasteiger partial charge in [-0.25, -0.2) is 4.79 Å². The van der Waals surface area contributed by atoms with Gasteiger partial charge in [0.05, 0.1) is 20.3 Å². The molecular weight excluding hydrogens is 677 g/mol. The quantitative estimate of drug-likeness (QED) is 0.117. The number of carbonyl (C=O) groups excluding carboxylic acids is 2. The van der Waals surface area contributed by atoms with Gasteiger partial charge in [-0.15, -0.1) is 0 Å². The second-order valence-electron chi connectivity index (χ2n) is 13.3. The number of nitrogens with one attached hydrogen (secondary N) is 1. The van der Waals surface area contributed by atoms with Gasteiger partial charge in [-0.05, 0) is 70.1 Å². The lowest BCUT2D eigenvalue weighted by atomic mass is 9.83. The van der Waals surface area contributed by atoms with Crippen LogP contribution >= 0.6 is 0 Å². The number of fused-ring (bicyclic) bond motifs is 3. The lowest BCUT2D eigenvalue weighted by molar-refractivity contribution is -0.149. The molecule has 8 heteroatoms. The third-order valence-electron chi connectivity index (χ3n) is 10.0. The van der Waals surface area contributed by atoms with Crippen molar-refractivity contribution < 1.29 is 28.5 Å². The van der Waals surface area contributed by atoms with Crippen molar-refractivity contribution in [3.63, 3.8) is 0 Å². The summed E-state index contributed by atoms with van der Waals surface area (Å²) in [5.41, 5.74) is 13.7. The Morgan fingerprint density at radius 3 is 1.93 bits per heavy atom. The van der Waals surface area contributed by atoms with Crippen molar-refractivity contribution in [3.8, 4) is 28.4 Å². The predicted octanol–water partition coefficient (Wildman–Crippen LogP) is 7.85. The molecule has 6 aromatic carbocycles. The number of nitrogens with two attached hydrogens (primary N) is 1. The van der Waals surface area contributed by atoms with E-state index in [1.807, 2.05) is 85.8 Å². The topological polar surface area (TPSA) is 109 Å². The Kier molecular flexibility index (Phi) is 10.5. The summed E-state index contributed by atoms with van der Waals surface area (Å²) in [7, 11) is 3.07. The number of methoxy groups -OCH3 is 2. The molecule has 0 aliphatic heterocycles. The highest BCUT2D eigenvalue weighted by Crippen LogP contribution is 2.45. The van der Waals surface area contributed by atoms with Crippen molar-refractivity contribution in [3.05, 3.63) is 185 Å². The van der Waals surface area contributed by atoms with Gasteiger partial charge in [0.2, 0.25) is 0 Å². The fourth-order valence-electron chi connectivity index (χ4n) is 7.15. The number of ether oxygens (including phenoxy) is 4. The maximum atomic E-state index is 14.4. The Morgan fingerprint density at radius 1 is 0.704 bits per heavy atom. The Labute approximate surface area is 315 Å². The summed E-state index contributed by atoms with van der Waals surface area (Å²) >= 11 is 0. The van der Waals surface area contributed by atoms with Crippen LogP contribution in [0.3, 0.4) is 0 Å². The lowest BCUT2D eigenvalue weighted by Crippen LogP contribution is -2.47. The van der Waals surface area contributed by atoms with Crippen LogP contribution in [-0.2, 0) is 19.9 Å². The van der Waals surface area contributed by atoms with Gasteiger partial charge in [0.25, 0.3) is 5.91 Å². The van der Waals surface area contributed by atoms with Gasteiger partial charge in [0.15, 0.2) is 12.1 Å². The molecule has 8 nitrogen and oxygen atoms in total. The van der Waals surface area contributed by atoms with E-state index in [0.717, 1.165) is 38.9 Å². The van der Waals surface area contributed by atoms with Crippen LogP contribution in [0, 0.1) is 6.92 Å². The summed E-state index contributed by atoms with van der Waals surface area (Å²) in [5, 5.41) is 3.11. The molecule has 1 aliphatic rings. The van der Waals surface area contributed by atoms with E-state index in [1.54, 1.807) is 49.6 Å². The average molecular weight is 719 g/mol. The predicted molar refractivity (Wildman–Crippen MR) is 209 cm³/mol. The van der Waals surface area contributed by atoms with E-state index < -0.39 is 11.5 Å². The standard InChI is InChI=1S/C46H42N2O6/c1-30-17-19-32(20-18-30)44(31-11-5-4-6-12-31)48-43(49)29-53-34-23-21-33(22-24-34)46(47,41-26-25-35(51-2)27-42(41)52-3)45(50)54-28-40-38-15-9-7-13-36(38)37-14-8-10-16-39(37)40/h4-27,40,44H,28-29,47H2,1-3H3,(H,48,49). The summed E-state index contributed by atoms with van der Waals surface area (Å²) < 4.78 is 23.3. The molecule has 0 heterocycles. The van der Waals surface area contributed by atoms with E-state index in [9.17, 15) is 9.59 Å². The van der Waals surface area contributed by atoms with Crippen molar-refractivity contribution >= 4 is 11.9 Å². The second kappa shape index (κ2) is 15.7. The maximum absolute atomic E-state index is 14.4. The molecule has 0 fully saturated rings. The fourth-order valence-corrected chi connectivity index (χ4v) is 7.15. The molecule has 7 rings (SSSR count). The third-order valence-corrected chi connectivity index (χ3v) is 10.0. The summed E-state index contributed by atoms with van der Waals surface area (Å²) in [6.45, 7) is 1.90. The number of hydrogen-bond acceptors (Lipinski definition) is 7. The molecule has 1 amide bonds. The van der Waals surface area contributed by atoms with Crippen LogP contribution in [0.4, 0.5) is 0 Å². The van der Waals surface area contributed by atoms with Crippen LogP contribution in [0.5, 0.6) is 17.2 Å². The zero-order chi connectivity index (χ0) is 37.7. The number of amides is 1. The van der Waals surface area contributed by atoms with E-state index >= 15 is 0 Å². The Balaban J connectivity index is 1.12. The van der Waals surface area contributed by atoms with Gasteiger partial charge < -0.3 is 30.0 Å². The summed E-state index contributed by atoms with van der Waals surface area (Å²) in [6.07, 6.45) is 0. The molecule has 2 unspecified atom stereocenters. The minimum atomic E-state index is -1.78. The number of carbonyl (C=O) groups is 2. The first kappa shape index (κ1) is 36.0. The van der Waals surface area contributed by atoms with Crippen molar-refractivity contribution in [1.82, 2.24) is 5.32 Å². The first-order valence-corrected chi connectivity index (χ1v) is 17.8. The monoisotopic (exact) mass is 718 g/mol. The van der Waals surface area contributed by atoms with Crippen molar-refractivity contribution in [2.24, 2.45) is 5.73 Å². The van der Waals surface area contributed by atoms with Crippen LogP contribution in [0.1, 0.15) is 50.9 Å².